The molecule has 0 unspecified atom stereocenters. The Hall–Kier alpha value is -2.18. The molecule has 0 saturated heterocycles. The Balaban J connectivity index is 1.61. The van der Waals surface area contributed by atoms with Crippen LogP contribution in [0.5, 0.6) is 0 Å². The van der Waals surface area contributed by atoms with Crippen molar-refractivity contribution < 1.29 is 4.79 Å². The molecule has 0 aliphatic carbocycles. The molecule has 0 atom stereocenters. The minimum atomic E-state index is -0.104. The molecule has 0 bridgehead atoms. The molecule has 120 valence electrons. The normalized spacial score (nSPS) is 10.4. The van der Waals surface area contributed by atoms with E-state index in [1.165, 1.54) is 11.8 Å². The highest BCUT2D eigenvalue weighted by Gasteiger charge is 2.06. The zero-order valence-corrected chi connectivity index (χ0v) is 15.0. The number of carbonyl (C=O) groups excluding carboxylic acids is 1. The molecule has 0 radical (unpaired) electrons. The van der Waals surface area contributed by atoms with Gasteiger partial charge in [0.1, 0.15) is 0 Å². The Kier molecular flexibility index (Phi) is 5.61. The van der Waals surface area contributed by atoms with Gasteiger partial charge in [0, 0.05) is 21.8 Å². The second-order valence-electron chi connectivity index (χ2n) is 4.89. The predicted molar refractivity (Wildman–Crippen MR) is 99.8 cm³/mol. The number of hydrogen-bond donors (Lipinski definition) is 1. The standard InChI is InChI=1S/C18H14BrN3OS/c19-15-8-6-13(7-9-15)16-10-11-20-18(22-16)24-12-21-17(23)14-4-2-1-3-5-14/h1-11H,12H2,(H,21,23). The van der Waals surface area contributed by atoms with Crippen LogP contribution in [0.4, 0.5) is 0 Å². The van der Waals surface area contributed by atoms with Crippen LogP contribution in [0.15, 0.2) is 76.5 Å². The van der Waals surface area contributed by atoms with Gasteiger partial charge in [-0.15, -0.1) is 0 Å². The summed E-state index contributed by atoms with van der Waals surface area (Å²) in [6.45, 7) is 0. The van der Waals surface area contributed by atoms with Crippen LogP contribution < -0.4 is 5.32 Å². The van der Waals surface area contributed by atoms with Gasteiger partial charge in [0.25, 0.3) is 5.91 Å². The van der Waals surface area contributed by atoms with Gasteiger partial charge in [0.2, 0.25) is 0 Å². The molecule has 0 fully saturated rings. The fraction of sp³-hybridized carbons (Fsp3) is 0.0556. The number of nitrogens with one attached hydrogen (secondary N) is 1. The van der Waals surface area contributed by atoms with Gasteiger partial charge in [0.15, 0.2) is 5.16 Å². The molecule has 1 amide bonds. The van der Waals surface area contributed by atoms with Crippen LogP contribution in [0, 0.1) is 0 Å². The highest BCUT2D eigenvalue weighted by molar-refractivity contribution is 9.10. The quantitative estimate of drug-likeness (QED) is 0.392. The first-order chi connectivity index (χ1) is 11.7. The average Bonchev–Trinajstić information content (AvgIpc) is 2.63. The molecule has 2 aromatic carbocycles. The van der Waals surface area contributed by atoms with Crippen molar-refractivity contribution in [2.75, 3.05) is 5.88 Å². The Morgan fingerprint density at radius 3 is 2.54 bits per heavy atom. The molecule has 1 N–H and O–H groups in total. The van der Waals surface area contributed by atoms with Crippen molar-refractivity contribution in [3.63, 3.8) is 0 Å². The third-order valence-electron chi connectivity index (χ3n) is 3.24. The fourth-order valence-electron chi connectivity index (χ4n) is 2.05. The molecule has 4 nitrogen and oxygen atoms in total. The number of aromatic nitrogens is 2. The largest absolute Gasteiger partial charge is 0.343 e. The Bertz CT molecular complexity index is 825. The summed E-state index contributed by atoms with van der Waals surface area (Å²) >= 11 is 4.81. The zero-order valence-electron chi connectivity index (χ0n) is 12.6. The molecule has 3 rings (SSSR count). The van der Waals surface area contributed by atoms with Crippen molar-refractivity contribution in [3.8, 4) is 11.3 Å². The van der Waals surface area contributed by atoms with Crippen LogP contribution in [-0.4, -0.2) is 21.8 Å². The number of halogens is 1. The van der Waals surface area contributed by atoms with Gasteiger partial charge in [-0.3, -0.25) is 4.79 Å². The lowest BCUT2D eigenvalue weighted by Gasteiger charge is -2.06. The fourth-order valence-corrected chi connectivity index (χ4v) is 2.94. The van der Waals surface area contributed by atoms with E-state index in [0.717, 1.165) is 15.7 Å². The van der Waals surface area contributed by atoms with E-state index in [9.17, 15) is 4.79 Å². The molecular formula is C18H14BrN3OS. The van der Waals surface area contributed by atoms with Gasteiger partial charge < -0.3 is 5.32 Å². The highest BCUT2D eigenvalue weighted by Crippen LogP contribution is 2.21. The Morgan fingerprint density at radius 1 is 1.04 bits per heavy atom. The molecular weight excluding hydrogens is 386 g/mol. The molecule has 0 aliphatic heterocycles. The maximum Gasteiger partial charge on any atom is 0.251 e. The van der Waals surface area contributed by atoms with E-state index in [4.69, 9.17) is 0 Å². The first kappa shape index (κ1) is 16.7. The van der Waals surface area contributed by atoms with Crippen molar-refractivity contribution in [1.29, 1.82) is 0 Å². The molecule has 24 heavy (non-hydrogen) atoms. The van der Waals surface area contributed by atoms with Crippen molar-refractivity contribution in [1.82, 2.24) is 15.3 Å². The van der Waals surface area contributed by atoms with Gasteiger partial charge in [-0.25, -0.2) is 9.97 Å². The third kappa shape index (κ3) is 4.43. The number of carbonyl (C=O) groups is 1. The summed E-state index contributed by atoms with van der Waals surface area (Å²) in [6, 6.07) is 18.9. The van der Waals surface area contributed by atoms with E-state index in [-0.39, 0.29) is 5.91 Å². The first-order valence-corrected chi connectivity index (χ1v) is 9.05. The van der Waals surface area contributed by atoms with E-state index in [1.807, 2.05) is 48.5 Å². The number of thioether (sulfide) groups is 1. The Labute approximate surface area is 152 Å². The monoisotopic (exact) mass is 399 g/mol. The van der Waals surface area contributed by atoms with E-state index in [0.29, 0.717) is 16.6 Å². The van der Waals surface area contributed by atoms with Crippen LogP contribution in [0.1, 0.15) is 10.4 Å². The lowest BCUT2D eigenvalue weighted by molar-refractivity contribution is 0.0961. The van der Waals surface area contributed by atoms with Crippen LogP contribution in [-0.2, 0) is 0 Å². The molecule has 1 heterocycles. The molecule has 6 heteroatoms. The lowest BCUT2D eigenvalue weighted by atomic mass is 10.1. The third-order valence-corrected chi connectivity index (χ3v) is 4.52. The lowest BCUT2D eigenvalue weighted by Crippen LogP contribution is -2.22. The van der Waals surface area contributed by atoms with E-state index in [1.54, 1.807) is 18.3 Å². The second-order valence-corrected chi connectivity index (χ2v) is 6.75. The van der Waals surface area contributed by atoms with Crippen LogP contribution in [0.3, 0.4) is 0 Å². The summed E-state index contributed by atoms with van der Waals surface area (Å²) < 4.78 is 1.03. The van der Waals surface area contributed by atoms with Crippen molar-refractivity contribution in [2.24, 2.45) is 0 Å². The van der Waals surface area contributed by atoms with Crippen molar-refractivity contribution >= 4 is 33.6 Å². The molecule has 0 spiro atoms. The SMILES string of the molecule is O=C(NCSc1nccc(-c2ccc(Br)cc2)n1)c1ccccc1. The summed E-state index contributed by atoms with van der Waals surface area (Å²) in [5, 5.41) is 3.48. The summed E-state index contributed by atoms with van der Waals surface area (Å²) in [6.07, 6.45) is 1.73. The molecule has 3 aromatic rings. The van der Waals surface area contributed by atoms with Crippen molar-refractivity contribution in [3.05, 3.63) is 76.9 Å². The van der Waals surface area contributed by atoms with Gasteiger partial charge >= 0.3 is 0 Å². The predicted octanol–water partition coefficient (Wildman–Crippen LogP) is 4.39. The second kappa shape index (κ2) is 8.08. The smallest absolute Gasteiger partial charge is 0.251 e. The van der Waals surface area contributed by atoms with Gasteiger partial charge in [-0.05, 0) is 30.3 Å². The maximum atomic E-state index is 12.0. The highest BCUT2D eigenvalue weighted by atomic mass is 79.9. The van der Waals surface area contributed by atoms with Gasteiger partial charge in [-0.2, -0.15) is 0 Å². The van der Waals surface area contributed by atoms with Crippen LogP contribution >= 0.6 is 27.7 Å². The summed E-state index contributed by atoms with van der Waals surface area (Å²) in [5.74, 6) is 0.310. The summed E-state index contributed by atoms with van der Waals surface area (Å²) in [5.41, 5.74) is 2.52. The van der Waals surface area contributed by atoms with E-state index in [2.05, 4.69) is 31.2 Å². The van der Waals surface area contributed by atoms with E-state index >= 15 is 0 Å². The Morgan fingerprint density at radius 2 is 1.79 bits per heavy atom. The average molecular weight is 400 g/mol. The van der Waals surface area contributed by atoms with Crippen molar-refractivity contribution in [2.45, 2.75) is 5.16 Å². The number of amides is 1. The molecule has 1 aromatic heterocycles. The van der Waals surface area contributed by atoms with Gasteiger partial charge in [0.05, 0.1) is 11.6 Å². The first-order valence-electron chi connectivity index (χ1n) is 7.27. The van der Waals surface area contributed by atoms with E-state index < -0.39 is 0 Å². The van der Waals surface area contributed by atoms with Gasteiger partial charge in [-0.1, -0.05) is 58.0 Å². The topological polar surface area (TPSA) is 54.9 Å². The summed E-state index contributed by atoms with van der Waals surface area (Å²) in [7, 11) is 0. The number of hydrogen-bond acceptors (Lipinski definition) is 4. The minimum absolute atomic E-state index is 0.104. The number of benzene rings is 2. The maximum absolute atomic E-state index is 12.0. The molecule has 0 saturated carbocycles. The molecule has 0 aliphatic rings. The zero-order chi connectivity index (χ0) is 16.8. The minimum Gasteiger partial charge on any atom is -0.343 e. The summed E-state index contributed by atoms with van der Waals surface area (Å²) in [4.78, 5) is 20.8. The number of rotatable bonds is 5. The number of nitrogens with zero attached hydrogens (tertiary/aromatic N) is 2. The van der Waals surface area contributed by atoms with Crippen LogP contribution in [0.2, 0.25) is 0 Å². The van der Waals surface area contributed by atoms with Crippen LogP contribution in [0.25, 0.3) is 11.3 Å².